The summed E-state index contributed by atoms with van der Waals surface area (Å²) in [5, 5.41) is 0. The second-order valence-electron chi connectivity index (χ2n) is 11.2. The van der Waals surface area contributed by atoms with Crippen molar-refractivity contribution in [3.05, 3.63) is 46.6 Å². The summed E-state index contributed by atoms with van der Waals surface area (Å²) >= 11 is 0. The summed E-state index contributed by atoms with van der Waals surface area (Å²) in [5.74, 6) is 1.53. The maximum atomic E-state index is 3.62. The van der Waals surface area contributed by atoms with E-state index in [0.29, 0.717) is 10.8 Å². The Kier molecular flexibility index (Phi) is 15.0. The van der Waals surface area contributed by atoms with Gasteiger partial charge in [-0.05, 0) is 48.3 Å². The molecule has 0 aliphatic heterocycles. The predicted molar refractivity (Wildman–Crippen MR) is 131 cm³/mol. The van der Waals surface area contributed by atoms with E-state index in [1.54, 1.807) is 0 Å². The van der Waals surface area contributed by atoms with Crippen molar-refractivity contribution in [2.75, 3.05) is 0 Å². The van der Waals surface area contributed by atoms with Gasteiger partial charge in [-0.1, -0.05) is 92.9 Å². The van der Waals surface area contributed by atoms with Crippen molar-refractivity contribution in [3.63, 3.8) is 0 Å². The van der Waals surface area contributed by atoms with E-state index < -0.39 is 0 Å². The Morgan fingerprint density at radius 1 is 0.606 bits per heavy atom. The van der Waals surface area contributed by atoms with Crippen LogP contribution in [0.2, 0.25) is 0 Å². The minimum Gasteiger partial charge on any atom is -1.00 e. The third-order valence-corrected chi connectivity index (χ3v) is 8.70. The minimum absolute atomic E-state index is 0. The average Bonchev–Trinajstić information content (AvgIpc) is 3.38. The van der Waals surface area contributed by atoms with E-state index in [0.717, 1.165) is 24.7 Å². The van der Waals surface area contributed by atoms with Crippen LogP contribution in [-0.4, -0.2) is 0 Å². The zero-order valence-corrected chi connectivity index (χ0v) is 26.0. The molecular weight excluding hydrogens is 522 g/mol. The van der Waals surface area contributed by atoms with Gasteiger partial charge in [0, 0.05) is 0 Å². The molecule has 2 saturated carbocycles. The fourth-order valence-corrected chi connectivity index (χ4v) is 6.51. The molecule has 0 N–H and O–H groups in total. The quantitative estimate of drug-likeness (QED) is 0.457. The summed E-state index contributed by atoms with van der Waals surface area (Å²) < 4.78 is 0. The van der Waals surface area contributed by atoms with E-state index in [1.807, 2.05) is 0 Å². The molecule has 0 amide bonds. The van der Waals surface area contributed by atoms with Gasteiger partial charge in [-0.3, -0.25) is 0 Å². The van der Waals surface area contributed by atoms with Gasteiger partial charge in [-0.25, -0.2) is 35.5 Å². The van der Waals surface area contributed by atoms with E-state index in [4.69, 9.17) is 0 Å². The summed E-state index contributed by atoms with van der Waals surface area (Å²) in [5.41, 5.74) is 6.86. The standard InChI is InChI=1S/2C15H23.2ClH.Zr/c2*1-12(2)15(9-5-4-6-10-15)14-8-7-13(3)11-14;;;/h2*8,12H,4-7,9-10H2,1-3H3;2*1H;/q2*-1;;;+4/p-2. The van der Waals surface area contributed by atoms with Gasteiger partial charge >= 0.3 is 26.2 Å². The van der Waals surface area contributed by atoms with Crippen LogP contribution in [0.4, 0.5) is 0 Å². The van der Waals surface area contributed by atoms with Gasteiger partial charge < -0.3 is 24.8 Å². The monoisotopic (exact) mass is 566 g/mol. The molecular formula is C30H46Cl2Zr. The molecule has 0 spiro atoms. The first kappa shape index (κ1) is 33.4. The second kappa shape index (κ2) is 14.9. The van der Waals surface area contributed by atoms with Crippen LogP contribution in [0.1, 0.15) is 119 Å². The summed E-state index contributed by atoms with van der Waals surface area (Å²) in [7, 11) is 0. The van der Waals surface area contributed by atoms with Crippen LogP contribution in [0.15, 0.2) is 34.4 Å². The SMILES string of the molecule is CC1=[C-]C(C2(C(C)C)CCCCC2)=CC1.CC1=[C-]C(C2(C(C)C)CCCCC2)=CC1.[Cl-].[Cl-].[Zr+4]. The molecule has 4 rings (SSSR count). The number of allylic oxidation sites excluding steroid dienone is 8. The first-order valence-electron chi connectivity index (χ1n) is 12.9. The molecule has 0 aromatic carbocycles. The molecule has 4 aliphatic rings. The molecule has 0 saturated heterocycles. The van der Waals surface area contributed by atoms with E-state index in [1.165, 1.54) is 86.5 Å². The van der Waals surface area contributed by atoms with Crippen LogP contribution < -0.4 is 24.8 Å². The van der Waals surface area contributed by atoms with E-state index in [9.17, 15) is 0 Å². The van der Waals surface area contributed by atoms with Crippen LogP contribution in [0.3, 0.4) is 0 Å². The van der Waals surface area contributed by atoms with Crippen LogP contribution in [0, 0.1) is 34.8 Å². The van der Waals surface area contributed by atoms with Gasteiger partial charge in [0.05, 0.1) is 0 Å². The van der Waals surface area contributed by atoms with Crippen molar-refractivity contribution in [1.82, 2.24) is 0 Å². The van der Waals surface area contributed by atoms with Gasteiger partial charge in [0.1, 0.15) is 0 Å². The number of hydrogen-bond acceptors (Lipinski definition) is 0. The molecule has 0 unspecified atom stereocenters. The first-order chi connectivity index (χ1) is 14.3. The molecule has 0 aromatic heterocycles. The molecule has 3 heteroatoms. The number of halogens is 2. The summed E-state index contributed by atoms with van der Waals surface area (Å²) in [4.78, 5) is 0. The third kappa shape index (κ3) is 7.70. The Labute approximate surface area is 237 Å². The molecule has 0 atom stereocenters. The van der Waals surface area contributed by atoms with E-state index >= 15 is 0 Å². The van der Waals surface area contributed by atoms with Crippen LogP contribution in [0.5, 0.6) is 0 Å². The molecule has 0 heterocycles. The minimum atomic E-state index is 0. The summed E-state index contributed by atoms with van der Waals surface area (Å²) in [6.45, 7) is 14.0. The Morgan fingerprint density at radius 2 is 0.909 bits per heavy atom. The second-order valence-corrected chi connectivity index (χ2v) is 11.2. The van der Waals surface area contributed by atoms with Gasteiger partial charge in [-0.2, -0.15) is 11.1 Å². The van der Waals surface area contributed by atoms with Crippen LogP contribution in [0.25, 0.3) is 0 Å². The molecule has 33 heavy (non-hydrogen) atoms. The van der Waals surface area contributed by atoms with Gasteiger partial charge in [-0.15, -0.1) is 0 Å². The van der Waals surface area contributed by atoms with Crippen molar-refractivity contribution in [2.24, 2.45) is 22.7 Å². The Morgan fingerprint density at radius 3 is 1.12 bits per heavy atom. The maximum Gasteiger partial charge on any atom is 4.00 e. The van der Waals surface area contributed by atoms with Gasteiger partial charge in [0.15, 0.2) is 0 Å². The van der Waals surface area contributed by atoms with Crippen molar-refractivity contribution < 1.29 is 51.0 Å². The van der Waals surface area contributed by atoms with Crippen LogP contribution >= 0.6 is 0 Å². The van der Waals surface area contributed by atoms with Crippen molar-refractivity contribution in [2.45, 2.75) is 119 Å². The fraction of sp³-hybridized carbons (Fsp3) is 0.733. The smallest absolute Gasteiger partial charge is 1.00 e. The molecule has 0 bridgehead atoms. The van der Waals surface area contributed by atoms with E-state index in [2.05, 4.69) is 65.8 Å². The fourth-order valence-electron chi connectivity index (χ4n) is 6.51. The van der Waals surface area contributed by atoms with E-state index in [-0.39, 0.29) is 51.0 Å². The Balaban J connectivity index is 0.000000569. The molecule has 0 aromatic rings. The summed E-state index contributed by atoms with van der Waals surface area (Å²) in [6, 6.07) is 0. The summed E-state index contributed by atoms with van der Waals surface area (Å²) in [6.07, 6.45) is 28.5. The zero-order chi connectivity index (χ0) is 21.8. The Bertz CT molecular complexity index is 650. The van der Waals surface area contributed by atoms with Gasteiger partial charge in [0.25, 0.3) is 0 Å². The maximum absolute atomic E-state index is 3.62. The van der Waals surface area contributed by atoms with Gasteiger partial charge in [0.2, 0.25) is 0 Å². The van der Waals surface area contributed by atoms with Crippen molar-refractivity contribution >= 4 is 0 Å². The number of rotatable bonds is 4. The number of hydrogen-bond donors (Lipinski definition) is 0. The van der Waals surface area contributed by atoms with Crippen LogP contribution in [-0.2, 0) is 26.2 Å². The average molecular weight is 569 g/mol. The molecule has 184 valence electrons. The van der Waals surface area contributed by atoms with Crippen molar-refractivity contribution in [3.8, 4) is 0 Å². The Hall–Kier alpha value is 0.423. The third-order valence-electron chi connectivity index (χ3n) is 8.70. The predicted octanol–water partition coefficient (Wildman–Crippen LogP) is 3.35. The zero-order valence-electron chi connectivity index (χ0n) is 22.1. The first-order valence-corrected chi connectivity index (χ1v) is 12.9. The largest absolute Gasteiger partial charge is 4.00 e. The molecule has 4 aliphatic carbocycles. The normalized spacial score (nSPS) is 23.0. The molecule has 0 nitrogen and oxygen atoms in total. The topological polar surface area (TPSA) is 0 Å². The molecule has 0 radical (unpaired) electrons. The molecule has 2 fully saturated rings. The van der Waals surface area contributed by atoms with Crippen molar-refractivity contribution in [1.29, 1.82) is 0 Å².